The van der Waals surface area contributed by atoms with Gasteiger partial charge >= 0.3 is 0 Å². The Hall–Kier alpha value is -2.62. The second-order valence-corrected chi connectivity index (χ2v) is 8.10. The van der Waals surface area contributed by atoms with E-state index in [0.717, 1.165) is 31.9 Å². The number of rotatable bonds is 7. The van der Waals surface area contributed by atoms with Crippen LogP contribution < -0.4 is 15.5 Å². The molecule has 164 valence electrons. The summed E-state index contributed by atoms with van der Waals surface area (Å²) >= 11 is 0. The second kappa shape index (κ2) is 10.4. The number of methoxy groups -OCH3 is 1. The van der Waals surface area contributed by atoms with Crippen LogP contribution in [0.4, 0.5) is 5.69 Å². The number of benzene rings is 2. The van der Waals surface area contributed by atoms with E-state index in [2.05, 4.69) is 24.1 Å². The van der Waals surface area contributed by atoms with Crippen LogP contribution in [-0.4, -0.2) is 57.4 Å². The van der Waals surface area contributed by atoms with Gasteiger partial charge in [-0.25, -0.2) is 0 Å². The summed E-state index contributed by atoms with van der Waals surface area (Å²) in [6, 6.07) is 11.0. The molecule has 8 nitrogen and oxygen atoms in total. The molecule has 0 aliphatic carbocycles. The smallest absolute Gasteiger partial charge is 0.261 e. The lowest BCUT2D eigenvalue weighted by Crippen LogP contribution is -2.28. The molecule has 0 fully saturated rings. The van der Waals surface area contributed by atoms with Crippen molar-refractivity contribution in [1.82, 2.24) is 4.90 Å². The van der Waals surface area contributed by atoms with Crippen LogP contribution in [0.15, 0.2) is 45.6 Å². The maximum atomic E-state index is 13.0. The summed E-state index contributed by atoms with van der Waals surface area (Å²) in [5.41, 5.74) is 1.79. The van der Waals surface area contributed by atoms with Gasteiger partial charge in [-0.3, -0.25) is 9.35 Å². The quantitative estimate of drug-likeness (QED) is 0.429. The standard InChI is InChI=1S/C20H24N2O3.CH4O3S/c1-4-22(5-2)13-12-21-15-10-11-17(24-3)20-18(15)19(23)14-8-6-7-9-16(14)25-20;1-5(2,3)4/h6-11,21H,4-5,12-13H2,1-3H3;1H3,(H,2,3,4). The maximum absolute atomic E-state index is 13.0. The number of anilines is 1. The van der Waals surface area contributed by atoms with Crippen molar-refractivity contribution < 1.29 is 22.1 Å². The minimum Gasteiger partial charge on any atom is -0.493 e. The van der Waals surface area contributed by atoms with Crippen LogP contribution in [0.2, 0.25) is 0 Å². The molecule has 2 N–H and O–H groups in total. The van der Waals surface area contributed by atoms with Crippen molar-refractivity contribution in [3.05, 3.63) is 46.6 Å². The number of hydrogen-bond acceptors (Lipinski definition) is 7. The monoisotopic (exact) mass is 436 g/mol. The number of hydrogen-bond donors (Lipinski definition) is 2. The molecule has 0 amide bonds. The zero-order valence-electron chi connectivity index (χ0n) is 17.6. The molecule has 0 spiro atoms. The van der Waals surface area contributed by atoms with Crippen molar-refractivity contribution in [2.24, 2.45) is 0 Å². The first kappa shape index (κ1) is 23.7. The van der Waals surface area contributed by atoms with E-state index in [1.165, 1.54) is 0 Å². The molecule has 0 aliphatic rings. The third-order valence-electron chi connectivity index (χ3n) is 4.55. The van der Waals surface area contributed by atoms with Crippen LogP contribution in [0.1, 0.15) is 13.8 Å². The topological polar surface area (TPSA) is 109 Å². The molecule has 3 aromatic rings. The van der Waals surface area contributed by atoms with E-state index in [9.17, 15) is 13.2 Å². The zero-order valence-corrected chi connectivity index (χ0v) is 18.5. The van der Waals surface area contributed by atoms with Crippen molar-refractivity contribution >= 4 is 37.7 Å². The SMILES string of the molecule is CCN(CC)CCNc1ccc(OC)c2oc3ccccc3c(=O)c12.CS(=O)(=O)O. The van der Waals surface area contributed by atoms with Crippen LogP contribution >= 0.6 is 0 Å². The average Bonchev–Trinajstić information content (AvgIpc) is 2.70. The van der Waals surface area contributed by atoms with E-state index in [1.54, 1.807) is 19.2 Å². The number of nitrogens with zero attached hydrogens (tertiary/aromatic N) is 1. The van der Waals surface area contributed by atoms with Gasteiger partial charge in [0.05, 0.1) is 24.1 Å². The number of likely N-dealkylation sites (N-methyl/N-ethyl adjacent to an activating group) is 1. The van der Waals surface area contributed by atoms with Gasteiger partial charge in [-0.05, 0) is 37.4 Å². The van der Waals surface area contributed by atoms with E-state index >= 15 is 0 Å². The second-order valence-electron chi connectivity index (χ2n) is 6.63. The predicted octanol–water partition coefficient (Wildman–Crippen LogP) is 3.21. The first-order valence-electron chi connectivity index (χ1n) is 9.60. The van der Waals surface area contributed by atoms with Gasteiger partial charge in [0, 0.05) is 18.8 Å². The summed E-state index contributed by atoms with van der Waals surface area (Å²) in [7, 11) is -2.09. The normalized spacial score (nSPS) is 11.4. The Morgan fingerprint density at radius 2 is 1.77 bits per heavy atom. The van der Waals surface area contributed by atoms with Gasteiger partial charge in [-0.2, -0.15) is 8.42 Å². The molecule has 0 unspecified atom stereocenters. The van der Waals surface area contributed by atoms with Crippen LogP contribution in [0, 0.1) is 0 Å². The Balaban J connectivity index is 0.000000575. The largest absolute Gasteiger partial charge is 0.493 e. The van der Waals surface area contributed by atoms with E-state index in [4.69, 9.17) is 13.7 Å². The molecule has 2 aromatic carbocycles. The highest BCUT2D eigenvalue weighted by atomic mass is 32.2. The van der Waals surface area contributed by atoms with Crippen molar-refractivity contribution in [2.45, 2.75) is 13.8 Å². The lowest BCUT2D eigenvalue weighted by molar-refractivity contribution is 0.316. The molecule has 9 heteroatoms. The van der Waals surface area contributed by atoms with Crippen LogP contribution in [0.5, 0.6) is 5.75 Å². The molecule has 3 rings (SSSR count). The average molecular weight is 437 g/mol. The lowest BCUT2D eigenvalue weighted by atomic mass is 10.1. The van der Waals surface area contributed by atoms with Gasteiger partial charge in [-0.15, -0.1) is 0 Å². The molecule has 0 saturated heterocycles. The fourth-order valence-corrected chi connectivity index (χ4v) is 3.07. The summed E-state index contributed by atoms with van der Waals surface area (Å²) in [5.74, 6) is 0.562. The van der Waals surface area contributed by atoms with Crippen LogP contribution in [-0.2, 0) is 10.1 Å². The van der Waals surface area contributed by atoms with Gasteiger partial charge in [0.25, 0.3) is 10.1 Å². The first-order chi connectivity index (χ1) is 14.2. The van der Waals surface area contributed by atoms with Gasteiger partial charge in [-0.1, -0.05) is 26.0 Å². The van der Waals surface area contributed by atoms with Gasteiger partial charge < -0.3 is 19.4 Å². The van der Waals surface area contributed by atoms with Crippen LogP contribution in [0.25, 0.3) is 21.9 Å². The Labute approximate surface area is 176 Å². The molecule has 1 aromatic heterocycles. The minimum absolute atomic E-state index is 0.0407. The molecule has 0 saturated carbocycles. The Kier molecular flexibility index (Phi) is 8.22. The highest BCUT2D eigenvalue weighted by Gasteiger charge is 2.15. The van der Waals surface area contributed by atoms with Crippen molar-refractivity contribution in [2.75, 3.05) is 44.9 Å². The van der Waals surface area contributed by atoms with Gasteiger partial charge in [0.15, 0.2) is 11.3 Å². The van der Waals surface area contributed by atoms with Crippen molar-refractivity contribution in [1.29, 1.82) is 0 Å². The fraction of sp³-hybridized carbons (Fsp3) is 0.381. The third kappa shape index (κ3) is 6.19. The number of ether oxygens (including phenoxy) is 1. The van der Waals surface area contributed by atoms with Crippen molar-refractivity contribution in [3.8, 4) is 5.75 Å². The number of nitrogens with one attached hydrogen (secondary N) is 1. The molecule has 0 radical (unpaired) electrons. The summed E-state index contributed by atoms with van der Waals surface area (Å²) in [4.78, 5) is 15.4. The van der Waals surface area contributed by atoms with E-state index in [-0.39, 0.29) is 5.43 Å². The van der Waals surface area contributed by atoms with Crippen LogP contribution in [0.3, 0.4) is 0 Å². The van der Waals surface area contributed by atoms with E-state index < -0.39 is 10.1 Å². The molecule has 30 heavy (non-hydrogen) atoms. The Morgan fingerprint density at radius 3 is 2.37 bits per heavy atom. The summed E-state index contributed by atoms with van der Waals surface area (Å²) in [6.45, 7) is 7.98. The Morgan fingerprint density at radius 1 is 1.13 bits per heavy atom. The van der Waals surface area contributed by atoms with E-state index in [0.29, 0.717) is 33.9 Å². The van der Waals surface area contributed by atoms with Gasteiger partial charge in [0.2, 0.25) is 5.43 Å². The zero-order chi connectivity index (χ0) is 22.3. The highest BCUT2D eigenvalue weighted by Crippen LogP contribution is 2.31. The number of para-hydroxylation sites is 1. The molecule has 0 atom stereocenters. The molecule has 0 aliphatic heterocycles. The third-order valence-corrected chi connectivity index (χ3v) is 4.55. The summed E-state index contributed by atoms with van der Waals surface area (Å²) in [6.07, 6.45) is 0.715. The summed E-state index contributed by atoms with van der Waals surface area (Å²) < 4.78 is 37.2. The Bertz CT molecular complexity index is 1150. The maximum Gasteiger partial charge on any atom is 0.261 e. The minimum atomic E-state index is -3.67. The predicted molar refractivity (Wildman–Crippen MR) is 120 cm³/mol. The lowest BCUT2D eigenvalue weighted by Gasteiger charge is -2.19. The highest BCUT2D eigenvalue weighted by molar-refractivity contribution is 7.85. The molecular weight excluding hydrogens is 408 g/mol. The first-order valence-corrected chi connectivity index (χ1v) is 11.5. The molecular formula is C21H28N2O6S. The fourth-order valence-electron chi connectivity index (χ4n) is 3.07. The molecule has 0 bridgehead atoms. The van der Waals surface area contributed by atoms with Crippen molar-refractivity contribution in [3.63, 3.8) is 0 Å². The van der Waals surface area contributed by atoms with E-state index in [1.807, 2.05) is 24.3 Å². The number of fused-ring (bicyclic) bond motifs is 2. The summed E-state index contributed by atoms with van der Waals surface area (Å²) in [5, 5.41) is 4.50. The van der Waals surface area contributed by atoms with Gasteiger partial charge in [0.1, 0.15) is 5.58 Å². The molecule has 1 heterocycles.